The number of thiophene rings is 1. The number of piperidine rings is 1. The van der Waals surface area contributed by atoms with Crippen LogP contribution in [0.3, 0.4) is 0 Å². The molecule has 5 heterocycles. The molecule has 35 heavy (non-hydrogen) atoms. The lowest BCUT2D eigenvalue weighted by Crippen LogP contribution is -2.44. The average molecular weight is 480 g/mol. The molecular weight excluding hydrogens is 450 g/mol. The average Bonchev–Trinajstić information content (AvgIpc) is 3.49. The van der Waals surface area contributed by atoms with Gasteiger partial charge in [0.25, 0.3) is 0 Å². The Morgan fingerprint density at radius 3 is 2.43 bits per heavy atom. The van der Waals surface area contributed by atoms with Gasteiger partial charge in [0, 0.05) is 42.4 Å². The van der Waals surface area contributed by atoms with Crippen LogP contribution in [0.4, 0.5) is 11.4 Å². The van der Waals surface area contributed by atoms with E-state index in [2.05, 4.69) is 86.9 Å². The van der Waals surface area contributed by atoms with Gasteiger partial charge in [-0.05, 0) is 90.6 Å². The zero-order chi connectivity index (χ0) is 23.2. The Labute approximate surface area is 210 Å². The molecule has 3 aliphatic heterocycles. The number of benzene rings is 2. The van der Waals surface area contributed by atoms with Gasteiger partial charge in [0.15, 0.2) is 11.5 Å². The maximum atomic E-state index is 6.43. The van der Waals surface area contributed by atoms with E-state index in [0.717, 1.165) is 35.7 Å². The molecule has 2 aromatic carbocycles. The van der Waals surface area contributed by atoms with Crippen molar-refractivity contribution in [1.82, 2.24) is 9.88 Å². The van der Waals surface area contributed by atoms with Gasteiger partial charge in [-0.15, -0.1) is 11.3 Å². The van der Waals surface area contributed by atoms with Gasteiger partial charge >= 0.3 is 0 Å². The molecule has 0 radical (unpaired) electrons. The van der Waals surface area contributed by atoms with Crippen LogP contribution in [0.15, 0.2) is 84.5 Å². The first kappa shape index (κ1) is 21.2. The molecule has 3 atom stereocenters. The Kier molecular flexibility index (Phi) is 5.33. The highest BCUT2D eigenvalue weighted by Gasteiger charge is 2.41. The number of para-hydroxylation sites is 2. The van der Waals surface area contributed by atoms with Crippen LogP contribution in [0.5, 0.6) is 11.5 Å². The number of hydrogen-bond acceptors (Lipinski definition) is 5. The van der Waals surface area contributed by atoms with Gasteiger partial charge in [-0.1, -0.05) is 24.3 Å². The molecule has 2 saturated heterocycles. The molecule has 176 valence electrons. The predicted octanol–water partition coefficient (Wildman–Crippen LogP) is 7.50. The second-order valence-corrected chi connectivity index (χ2v) is 11.1. The monoisotopic (exact) mass is 479 g/mol. The van der Waals surface area contributed by atoms with Gasteiger partial charge in [0.1, 0.15) is 0 Å². The van der Waals surface area contributed by atoms with Crippen molar-refractivity contribution in [2.75, 3.05) is 11.4 Å². The summed E-state index contributed by atoms with van der Waals surface area (Å²) in [6.45, 7) is 2.17. The molecule has 0 aliphatic carbocycles. The van der Waals surface area contributed by atoms with E-state index in [1.807, 2.05) is 23.7 Å². The van der Waals surface area contributed by atoms with Crippen LogP contribution in [0, 0.1) is 5.92 Å². The Morgan fingerprint density at radius 1 is 0.829 bits per heavy atom. The largest absolute Gasteiger partial charge is 0.453 e. The molecule has 0 saturated carbocycles. The Morgan fingerprint density at radius 2 is 1.63 bits per heavy atom. The lowest BCUT2D eigenvalue weighted by molar-refractivity contribution is 0.0998. The summed E-state index contributed by atoms with van der Waals surface area (Å²) in [4.78, 5) is 11.0. The summed E-state index contributed by atoms with van der Waals surface area (Å²) in [6.07, 6.45) is 8.95. The standard InChI is InChI=1S/C30H29N3OS/c1-2-6-29-27(5-1)33(28-10-7-23(18-30(28)34-29)22-11-13-31-14-12-22)19-21-16-24-8-9-25(17-21)32(24)20-26-4-3-15-35-26/h1-7,10-15,18,21,24-25H,8-9,16-17,19-20H2/t21?,24-,25+. The van der Waals surface area contributed by atoms with E-state index in [4.69, 9.17) is 4.74 Å². The molecule has 0 spiro atoms. The highest BCUT2D eigenvalue weighted by molar-refractivity contribution is 7.09. The fourth-order valence-corrected chi connectivity index (χ4v) is 7.10. The summed E-state index contributed by atoms with van der Waals surface area (Å²) in [6, 6.07) is 25.1. The summed E-state index contributed by atoms with van der Waals surface area (Å²) in [7, 11) is 0. The van der Waals surface area contributed by atoms with E-state index < -0.39 is 0 Å². The van der Waals surface area contributed by atoms with Crippen molar-refractivity contribution < 1.29 is 4.74 Å². The first-order valence-electron chi connectivity index (χ1n) is 12.7. The van der Waals surface area contributed by atoms with E-state index in [9.17, 15) is 0 Å². The third-order valence-electron chi connectivity index (χ3n) is 7.98. The van der Waals surface area contributed by atoms with Crippen LogP contribution in [0.2, 0.25) is 0 Å². The smallest absolute Gasteiger partial charge is 0.151 e. The number of ether oxygens (including phenoxy) is 1. The molecule has 4 aromatic rings. The van der Waals surface area contributed by atoms with Gasteiger partial charge in [-0.3, -0.25) is 9.88 Å². The lowest BCUT2D eigenvalue weighted by Gasteiger charge is -2.42. The second kappa shape index (κ2) is 8.81. The quantitative estimate of drug-likeness (QED) is 0.296. The van der Waals surface area contributed by atoms with Gasteiger partial charge in [-0.25, -0.2) is 0 Å². The second-order valence-electron chi connectivity index (χ2n) is 10.1. The predicted molar refractivity (Wildman–Crippen MR) is 143 cm³/mol. The third kappa shape index (κ3) is 3.93. The number of nitrogens with zero attached hydrogens (tertiary/aromatic N) is 3. The van der Waals surface area contributed by atoms with Crippen molar-refractivity contribution in [1.29, 1.82) is 0 Å². The van der Waals surface area contributed by atoms with Crippen molar-refractivity contribution >= 4 is 22.7 Å². The normalized spacial score (nSPS) is 23.0. The minimum atomic E-state index is 0.686. The number of fused-ring (bicyclic) bond motifs is 4. The van der Waals surface area contributed by atoms with Crippen molar-refractivity contribution in [3.8, 4) is 22.6 Å². The molecule has 7 rings (SSSR count). The zero-order valence-electron chi connectivity index (χ0n) is 19.7. The highest BCUT2D eigenvalue weighted by atomic mass is 32.1. The summed E-state index contributed by atoms with van der Waals surface area (Å²) >= 11 is 1.89. The maximum absolute atomic E-state index is 6.43. The molecule has 1 unspecified atom stereocenters. The maximum Gasteiger partial charge on any atom is 0.151 e. The van der Waals surface area contributed by atoms with Crippen molar-refractivity contribution in [3.63, 3.8) is 0 Å². The molecule has 3 aliphatic rings. The summed E-state index contributed by atoms with van der Waals surface area (Å²) < 4.78 is 6.43. The van der Waals surface area contributed by atoms with E-state index >= 15 is 0 Å². The lowest BCUT2D eigenvalue weighted by atomic mass is 9.89. The molecule has 0 amide bonds. The molecule has 2 bridgehead atoms. The molecule has 5 heteroatoms. The van der Waals surface area contributed by atoms with E-state index in [1.54, 1.807) is 0 Å². The zero-order valence-corrected chi connectivity index (χ0v) is 20.5. The van der Waals surface area contributed by atoms with E-state index in [1.165, 1.54) is 41.9 Å². The number of pyridine rings is 1. The molecule has 0 N–H and O–H groups in total. The Hall–Kier alpha value is -3.15. The topological polar surface area (TPSA) is 28.6 Å². The molecule has 2 aromatic heterocycles. The molecule has 2 fully saturated rings. The first-order chi connectivity index (χ1) is 17.3. The minimum Gasteiger partial charge on any atom is -0.453 e. The van der Waals surface area contributed by atoms with Crippen LogP contribution in [0.25, 0.3) is 11.1 Å². The number of hydrogen-bond donors (Lipinski definition) is 0. The van der Waals surface area contributed by atoms with Crippen LogP contribution in [0.1, 0.15) is 30.6 Å². The van der Waals surface area contributed by atoms with Gasteiger partial charge in [0.2, 0.25) is 0 Å². The molecular formula is C30H29N3OS. The van der Waals surface area contributed by atoms with Crippen LogP contribution >= 0.6 is 11.3 Å². The minimum absolute atomic E-state index is 0.686. The van der Waals surface area contributed by atoms with Crippen LogP contribution in [-0.4, -0.2) is 28.5 Å². The van der Waals surface area contributed by atoms with Gasteiger partial charge in [-0.2, -0.15) is 0 Å². The summed E-state index contributed by atoms with van der Waals surface area (Å²) in [5.41, 5.74) is 4.68. The first-order valence-corrected chi connectivity index (χ1v) is 13.6. The fourth-order valence-electron chi connectivity index (χ4n) is 6.39. The SMILES string of the molecule is c1csc(CN2[C@@H]3CC[C@H]2CC(CN2c4ccccc4Oc4cc(-c5ccncc5)ccc42)C3)c1. The van der Waals surface area contributed by atoms with Crippen LogP contribution < -0.4 is 9.64 Å². The number of rotatable bonds is 5. The Bertz CT molecular complexity index is 1310. The number of aromatic nitrogens is 1. The van der Waals surface area contributed by atoms with E-state index in [-0.39, 0.29) is 0 Å². The summed E-state index contributed by atoms with van der Waals surface area (Å²) in [5.74, 6) is 2.58. The van der Waals surface area contributed by atoms with Gasteiger partial charge < -0.3 is 9.64 Å². The Balaban J connectivity index is 1.16. The van der Waals surface area contributed by atoms with Crippen LogP contribution in [-0.2, 0) is 6.54 Å². The third-order valence-corrected chi connectivity index (χ3v) is 8.84. The fraction of sp³-hybridized carbons (Fsp3) is 0.300. The number of anilines is 2. The van der Waals surface area contributed by atoms with Gasteiger partial charge in [0.05, 0.1) is 11.4 Å². The van der Waals surface area contributed by atoms with E-state index in [0.29, 0.717) is 18.0 Å². The summed E-state index contributed by atoms with van der Waals surface area (Å²) in [5, 5.41) is 2.21. The van der Waals surface area contributed by atoms with Crippen molar-refractivity contribution in [3.05, 3.63) is 89.4 Å². The highest BCUT2D eigenvalue weighted by Crippen LogP contribution is 2.49. The van der Waals surface area contributed by atoms with Crippen molar-refractivity contribution in [2.45, 2.75) is 44.3 Å². The van der Waals surface area contributed by atoms with Crippen molar-refractivity contribution in [2.24, 2.45) is 5.92 Å². The molecule has 4 nitrogen and oxygen atoms in total.